The fourth-order valence-electron chi connectivity index (χ4n) is 10.6. The maximum Gasteiger partial charge on any atom is 0.258 e. The normalized spacial score (nSPS) is 17.8. The third-order valence-corrected chi connectivity index (χ3v) is 15.9. The number of aromatic nitrogens is 3. The molecular formula is C58H66F2N8O7S. The van der Waals surface area contributed by atoms with E-state index in [0.717, 1.165) is 51.9 Å². The Morgan fingerprint density at radius 1 is 0.868 bits per heavy atom. The number of Topliss-reactive ketones (excluding diaryl/α,β-unsaturated/α-hetero) is 2. The van der Waals surface area contributed by atoms with Crippen LogP contribution in [0, 0.1) is 29.9 Å². The molecule has 0 bridgehead atoms. The number of nitrogens with one attached hydrogen (secondary N) is 3. The second-order valence-corrected chi connectivity index (χ2v) is 22.3. The first-order chi connectivity index (χ1) is 36.4. The molecule has 3 aliphatic heterocycles. The second-order valence-electron chi connectivity index (χ2n) is 21.5. The number of aliphatic hydroxyl groups is 1. The Kier molecular flexibility index (Phi) is 16.7. The van der Waals surface area contributed by atoms with E-state index in [0.29, 0.717) is 79.3 Å². The van der Waals surface area contributed by atoms with Crippen molar-refractivity contribution in [1.82, 2.24) is 25.0 Å². The summed E-state index contributed by atoms with van der Waals surface area (Å²) in [4.78, 5) is 80.2. The molecule has 3 amide bonds. The summed E-state index contributed by atoms with van der Waals surface area (Å²) in [6.45, 7) is 10.8. The molecule has 4 aromatic carbocycles. The first-order valence-corrected chi connectivity index (χ1v) is 27.1. The molecule has 3 saturated heterocycles. The molecule has 3 atom stereocenters. The predicted octanol–water partition coefficient (Wildman–Crippen LogP) is 8.92. The van der Waals surface area contributed by atoms with Crippen molar-refractivity contribution < 1.29 is 42.6 Å². The number of likely N-dealkylation sites (tertiary alicyclic amines) is 1. The number of rotatable bonds is 18. The fourth-order valence-corrected chi connectivity index (χ4v) is 11.4. The number of benzene rings is 4. The molecule has 15 nitrogen and oxygen atoms in total. The summed E-state index contributed by atoms with van der Waals surface area (Å²) < 4.78 is 33.5. The quantitative estimate of drug-likeness (QED) is 0.0643. The standard InChI is InChI=1S/C58H66F2N8O7S/c1-35-54(76-34-61-35)39-9-5-36(6-10-39)8-15-52(71)51-32-45(70)33-68(51)57(74)48(58(2,3)4)31-44(69)12-16-53(72)67-21-19-66(20-22-67)43-11-13-46(50(30-43)62-42-17-23-75-24-18-42)56(73)63-55-47-28-37(7-14-49(47)64-65-55)25-38-26-40(59)29-41(60)27-38/h5-7,9-11,13-14,26-30,34,42,45,48,51,62,70H,8,12,15-25,31-33H2,1-4H3,(H2,63,64,65,73)/t45-,48-,51+/m1/s1. The summed E-state index contributed by atoms with van der Waals surface area (Å²) in [6.07, 6.45) is 1.70. The van der Waals surface area contributed by atoms with E-state index >= 15 is 0 Å². The number of aromatic amines is 1. The average Bonchev–Trinajstić information content (AvgIpc) is 4.14. The molecule has 0 unspecified atom stereocenters. The van der Waals surface area contributed by atoms with Crippen molar-refractivity contribution >= 4 is 68.7 Å². The number of nitrogens with zero attached hydrogens (tertiary/aromatic N) is 5. The summed E-state index contributed by atoms with van der Waals surface area (Å²) in [5, 5.41) is 25.3. The fraction of sp³-hybridized carbons (Fsp3) is 0.431. The van der Waals surface area contributed by atoms with Crippen LogP contribution < -0.4 is 15.5 Å². The van der Waals surface area contributed by atoms with Crippen molar-refractivity contribution in [2.24, 2.45) is 11.3 Å². The number of halogens is 2. The van der Waals surface area contributed by atoms with Gasteiger partial charge in [0.1, 0.15) is 17.4 Å². The number of aryl methyl sites for hydroxylation is 2. The molecule has 0 aliphatic carbocycles. The summed E-state index contributed by atoms with van der Waals surface area (Å²) in [5.41, 5.74) is 8.08. The van der Waals surface area contributed by atoms with Gasteiger partial charge < -0.3 is 35.2 Å². The third-order valence-electron chi connectivity index (χ3n) is 15.0. The van der Waals surface area contributed by atoms with Crippen LogP contribution >= 0.6 is 11.3 Å². The van der Waals surface area contributed by atoms with Gasteiger partial charge in [0.05, 0.1) is 39.3 Å². The molecule has 2 aromatic heterocycles. The maximum atomic E-state index is 14.3. The lowest BCUT2D eigenvalue weighted by Crippen LogP contribution is -2.49. The van der Waals surface area contributed by atoms with Gasteiger partial charge in [0.2, 0.25) is 11.8 Å². The Morgan fingerprint density at radius 3 is 2.29 bits per heavy atom. The highest BCUT2D eigenvalue weighted by atomic mass is 32.1. The number of H-pyrrole nitrogens is 1. The number of anilines is 3. The van der Waals surface area contributed by atoms with Gasteiger partial charge >= 0.3 is 0 Å². The Labute approximate surface area is 445 Å². The molecular weight excluding hydrogens is 991 g/mol. The topological polar surface area (TPSA) is 190 Å². The van der Waals surface area contributed by atoms with Gasteiger partial charge in [0.25, 0.3) is 5.91 Å². The average molecular weight is 1060 g/mol. The number of ketones is 2. The predicted molar refractivity (Wildman–Crippen MR) is 289 cm³/mol. The van der Waals surface area contributed by atoms with E-state index in [1.165, 1.54) is 17.0 Å². The van der Waals surface area contributed by atoms with E-state index in [2.05, 4.69) is 30.7 Å². The lowest BCUT2D eigenvalue weighted by atomic mass is 9.76. The van der Waals surface area contributed by atoms with Crippen LogP contribution in [0.15, 0.2) is 84.4 Å². The number of carbonyl (C=O) groups is 5. The Bertz CT molecular complexity index is 3070. The first-order valence-electron chi connectivity index (χ1n) is 26.2. The maximum absolute atomic E-state index is 14.3. The first kappa shape index (κ1) is 53.9. The van der Waals surface area contributed by atoms with Gasteiger partial charge in [-0.15, -0.1) is 11.3 Å². The van der Waals surface area contributed by atoms with E-state index in [9.17, 15) is 37.9 Å². The smallest absolute Gasteiger partial charge is 0.258 e. The Balaban J connectivity index is 0.787. The van der Waals surface area contributed by atoms with Crippen LogP contribution in [-0.2, 0) is 36.8 Å². The van der Waals surface area contributed by atoms with Crippen LogP contribution in [0.1, 0.15) is 98.5 Å². The molecule has 9 rings (SSSR count). The van der Waals surface area contributed by atoms with Gasteiger partial charge in [-0.1, -0.05) is 51.1 Å². The molecule has 3 fully saturated rings. The summed E-state index contributed by atoms with van der Waals surface area (Å²) >= 11 is 1.58. The zero-order valence-electron chi connectivity index (χ0n) is 43.5. The zero-order valence-corrected chi connectivity index (χ0v) is 44.3. The summed E-state index contributed by atoms with van der Waals surface area (Å²) in [7, 11) is 0. The van der Waals surface area contributed by atoms with Crippen LogP contribution in [0.4, 0.5) is 26.0 Å². The molecule has 0 spiro atoms. The van der Waals surface area contributed by atoms with E-state index in [1.807, 2.05) is 87.8 Å². The minimum atomic E-state index is -0.848. The number of piperazine rings is 1. The highest BCUT2D eigenvalue weighted by molar-refractivity contribution is 7.13. The van der Waals surface area contributed by atoms with Crippen LogP contribution in [0.2, 0.25) is 0 Å². The SMILES string of the molecule is Cc1ncsc1-c1ccc(CCC(=O)[C@@H]2C[C@@H](O)CN2C(=O)[C@@H](CC(=O)CCC(=O)N2CCN(c3ccc(C(=O)Nc4n[nH]c5ccc(Cc6cc(F)cc(F)c6)cc45)c(NC4CCOCC4)c3)CC2)C(C)(C)C)cc1. The number of amides is 3. The highest BCUT2D eigenvalue weighted by Crippen LogP contribution is 2.35. The van der Waals surface area contributed by atoms with E-state index in [4.69, 9.17) is 4.74 Å². The van der Waals surface area contributed by atoms with Crippen molar-refractivity contribution in [2.45, 2.75) is 104 Å². The number of ether oxygens (including phenoxy) is 1. The second kappa shape index (κ2) is 23.6. The van der Waals surface area contributed by atoms with Crippen LogP contribution in [0.5, 0.6) is 0 Å². The molecule has 76 heavy (non-hydrogen) atoms. The number of aliphatic hydroxyl groups excluding tert-OH is 1. The van der Waals surface area contributed by atoms with Gasteiger partial charge in [0.15, 0.2) is 11.6 Å². The van der Waals surface area contributed by atoms with Crippen molar-refractivity contribution in [1.29, 1.82) is 0 Å². The van der Waals surface area contributed by atoms with Crippen LogP contribution in [-0.4, -0.2) is 124 Å². The van der Waals surface area contributed by atoms with E-state index in [-0.39, 0.29) is 80.4 Å². The summed E-state index contributed by atoms with van der Waals surface area (Å²) in [5.74, 6) is -2.94. The number of hydrogen-bond donors (Lipinski definition) is 4. The number of hydrogen-bond acceptors (Lipinski definition) is 12. The van der Waals surface area contributed by atoms with Gasteiger partial charge in [-0.05, 0) is 103 Å². The lowest BCUT2D eigenvalue weighted by molar-refractivity contribution is -0.146. The zero-order chi connectivity index (χ0) is 53.7. The molecule has 0 saturated carbocycles. The van der Waals surface area contributed by atoms with E-state index in [1.54, 1.807) is 22.3 Å². The number of thiazole rings is 1. The van der Waals surface area contributed by atoms with Gasteiger partial charge in [0, 0.05) is 113 Å². The molecule has 6 aromatic rings. The van der Waals surface area contributed by atoms with Gasteiger partial charge in [-0.25, -0.2) is 13.8 Å². The van der Waals surface area contributed by atoms with Crippen molar-refractivity contribution in [3.8, 4) is 10.4 Å². The molecule has 3 aliphatic rings. The van der Waals surface area contributed by atoms with Crippen molar-refractivity contribution in [2.75, 3.05) is 61.5 Å². The lowest BCUT2D eigenvalue weighted by Gasteiger charge is -2.37. The monoisotopic (exact) mass is 1060 g/mol. The Morgan fingerprint density at radius 2 is 1.59 bits per heavy atom. The van der Waals surface area contributed by atoms with Crippen LogP contribution in [0.3, 0.4) is 0 Å². The van der Waals surface area contributed by atoms with Gasteiger partial charge in [-0.2, -0.15) is 5.10 Å². The van der Waals surface area contributed by atoms with Crippen molar-refractivity contribution in [3.63, 3.8) is 0 Å². The number of fused-ring (bicyclic) bond motifs is 1. The van der Waals surface area contributed by atoms with Crippen LogP contribution in [0.25, 0.3) is 21.3 Å². The molecule has 5 heterocycles. The Hall–Kier alpha value is -6.89. The largest absolute Gasteiger partial charge is 0.391 e. The number of β-amino-alcohol motifs (C(OH)–C–C–N with tert-alkyl or cyclic N) is 1. The highest BCUT2D eigenvalue weighted by Gasteiger charge is 2.44. The molecule has 18 heteroatoms. The third kappa shape index (κ3) is 13.0. The molecule has 4 N–H and O–H groups in total. The molecule has 0 radical (unpaired) electrons. The van der Waals surface area contributed by atoms with E-state index < -0.39 is 35.1 Å². The molecule has 400 valence electrons. The van der Waals surface area contributed by atoms with Gasteiger partial charge in [-0.3, -0.25) is 29.1 Å². The summed E-state index contributed by atoms with van der Waals surface area (Å²) in [6, 6.07) is 21.9. The minimum absolute atomic E-state index is 0.000791. The number of carbonyl (C=O) groups excluding carboxylic acids is 5. The van der Waals surface area contributed by atoms with Crippen molar-refractivity contribution in [3.05, 3.63) is 124 Å². The minimum Gasteiger partial charge on any atom is -0.391 e.